The largest absolute Gasteiger partial charge is 0.299 e. The average molecular weight is 282 g/mol. The molecule has 1 aliphatic carbocycles. The fourth-order valence-electron chi connectivity index (χ4n) is 4.28. The van der Waals surface area contributed by atoms with E-state index in [-0.39, 0.29) is 5.41 Å². The zero-order valence-corrected chi connectivity index (χ0v) is 12.9. The lowest BCUT2D eigenvalue weighted by Gasteiger charge is -2.42. The summed E-state index contributed by atoms with van der Waals surface area (Å²) in [6.07, 6.45) is 8.56. The summed E-state index contributed by atoms with van der Waals surface area (Å²) in [6.45, 7) is 3.37. The van der Waals surface area contributed by atoms with Gasteiger partial charge in [0.2, 0.25) is 0 Å². The van der Waals surface area contributed by atoms with Gasteiger partial charge in [-0.25, -0.2) is 0 Å². The van der Waals surface area contributed by atoms with Crippen LogP contribution in [-0.2, 0) is 6.54 Å². The molecule has 1 saturated carbocycles. The van der Waals surface area contributed by atoms with Crippen LogP contribution in [0.4, 0.5) is 0 Å². The molecule has 0 N–H and O–H groups in total. The third-order valence-corrected chi connectivity index (χ3v) is 5.59. The molecule has 112 valence electrons. The molecule has 0 unspecified atom stereocenters. The molecule has 2 fully saturated rings. The summed E-state index contributed by atoms with van der Waals surface area (Å²) in [5.74, 6) is 0.634. The van der Waals surface area contributed by atoms with Gasteiger partial charge in [0.25, 0.3) is 0 Å². The number of hydrogen-bond donors (Lipinski definition) is 0. The maximum Gasteiger partial charge on any atom is 0.0692 e. The van der Waals surface area contributed by atoms with E-state index >= 15 is 0 Å². The van der Waals surface area contributed by atoms with Crippen LogP contribution in [0.15, 0.2) is 30.3 Å². The Morgan fingerprint density at radius 3 is 2.33 bits per heavy atom. The molecule has 1 aliphatic heterocycles. The fraction of sp³-hybridized carbons (Fsp3) is 0.632. The van der Waals surface area contributed by atoms with E-state index in [2.05, 4.69) is 41.3 Å². The molecule has 0 aromatic heterocycles. The van der Waals surface area contributed by atoms with Crippen LogP contribution in [0.2, 0.25) is 0 Å². The van der Waals surface area contributed by atoms with Crippen molar-refractivity contribution < 1.29 is 0 Å². The van der Waals surface area contributed by atoms with E-state index in [1.165, 1.54) is 37.7 Å². The Balaban J connectivity index is 1.56. The van der Waals surface area contributed by atoms with E-state index in [0.29, 0.717) is 5.92 Å². The van der Waals surface area contributed by atoms with Crippen molar-refractivity contribution >= 4 is 0 Å². The first-order valence-corrected chi connectivity index (χ1v) is 8.50. The Bertz CT molecular complexity index is 474. The number of hydrogen-bond acceptors (Lipinski definition) is 2. The predicted octanol–water partition coefficient (Wildman–Crippen LogP) is 4.37. The molecule has 1 saturated heterocycles. The smallest absolute Gasteiger partial charge is 0.0692 e. The van der Waals surface area contributed by atoms with Gasteiger partial charge in [0, 0.05) is 6.54 Å². The second kappa shape index (κ2) is 6.62. The van der Waals surface area contributed by atoms with Crippen molar-refractivity contribution in [2.45, 2.75) is 51.5 Å². The van der Waals surface area contributed by atoms with Gasteiger partial charge in [0.05, 0.1) is 11.5 Å². The van der Waals surface area contributed by atoms with Crippen molar-refractivity contribution in [3.05, 3.63) is 35.9 Å². The highest BCUT2D eigenvalue weighted by Crippen LogP contribution is 2.46. The third-order valence-electron chi connectivity index (χ3n) is 5.59. The van der Waals surface area contributed by atoms with Crippen LogP contribution in [0.25, 0.3) is 0 Å². The summed E-state index contributed by atoms with van der Waals surface area (Å²) in [6, 6.07) is 13.5. The maximum atomic E-state index is 9.73. The Hall–Kier alpha value is -1.33. The van der Waals surface area contributed by atoms with Crippen molar-refractivity contribution in [3.63, 3.8) is 0 Å². The van der Waals surface area contributed by atoms with Crippen molar-refractivity contribution in [1.82, 2.24) is 4.90 Å². The molecule has 3 rings (SSSR count). The van der Waals surface area contributed by atoms with E-state index in [1.54, 1.807) is 0 Å². The molecule has 0 radical (unpaired) electrons. The standard InChI is InChI=1S/C19H26N2/c20-16-19(11-5-2-6-12-19)18-9-13-21(14-10-18)15-17-7-3-1-4-8-17/h1,3-4,7-8,18H,2,5-6,9-15H2. The number of likely N-dealkylation sites (tertiary alicyclic amines) is 1. The number of piperidine rings is 1. The first-order valence-electron chi connectivity index (χ1n) is 8.50. The van der Waals surface area contributed by atoms with Crippen LogP contribution >= 0.6 is 0 Å². The topological polar surface area (TPSA) is 27.0 Å². The number of nitrogens with zero attached hydrogens (tertiary/aromatic N) is 2. The normalized spacial score (nSPS) is 23.6. The Morgan fingerprint density at radius 2 is 1.71 bits per heavy atom. The van der Waals surface area contributed by atoms with E-state index in [4.69, 9.17) is 0 Å². The SMILES string of the molecule is N#CC1(C2CCN(Cc3ccccc3)CC2)CCCCC1. The van der Waals surface area contributed by atoms with E-state index in [0.717, 1.165) is 32.5 Å². The monoisotopic (exact) mass is 282 g/mol. The zero-order valence-electron chi connectivity index (χ0n) is 12.9. The molecular weight excluding hydrogens is 256 g/mol. The zero-order chi connectivity index (χ0) is 14.5. The highest BCUT2D eigenvalue weighted by Gasteiger charge is 2.41. The lowest BCUT2D eigenvalue weighted by molar-refractivity contribution is 0.0810. The van der Waals surface area contributed by atoms with Gasteiger partial charge in [-0.15, -0.1) is 0 Å². The molecule has 2 heteroatoms. The molecule has 2 aliphatic rings. The molecular formula is C19H26N2. The molecule has 21 heavy (non-hydrogen) atoms. The summed E-state index contributed by atoms with van der Waals surface area (Å²) in [4.78, 5) is 2.56. The van der Waals surface area contributed by atoms with Gasteiger partial charge in [0.1, 0.15) is 0 Å². The second-order valence-corrected chi connectivity index (χ2v) is 6.86. The number of rotatable bonds is 3. The second-order valence-electron chi connectivity index (χ2n) is 6.86. The van der Waals surface area contributed by atoms with Crippen LogP contribution in [0.5, 0.6) is 0 Å². The van der Waals surface area contributed by atoms with E-state index in [1.807, 2.05) is 0 Å². The third kappa shape index (κ3) is 3.30. The van der Waals surface area contributed by atoms with Crippen LogP contribution in [0.3, 0.4) is 0 Å². The Morgan fingerprint density at radius 1 is 1.05 bits per heavy atom. The maximum absolute atomic E-state index is 9.73. The van der Waals surface area contributed by atoms with Gasteiger partial charge in [-0.2, -0.15) is 5.26 Å². The molecule has 1 aromatic rings. The van der Waals surface area contributed by atoms with Crippen LogP contribution < -0.4 is 0 Å². The minimum atomic E-state index is 0.0110. The molecule has 0 amide bonds. The summed E-state index contributed by atoms with van der Waals surface area (Å²) < 4.78 is 0. The van der Waals surface area contributed by atoms with Gasteiger partial charge < -0.3 is 0 Å². The van der Waals surface area contributed by atoms with Crippen molar-refractivity contribution in [2.75, 3.05) is 13.1 Å². The Kier molecular flexibility index (Phi) is 4.60. The highest BCUT2D eigenvalue weighted by molar-refractivity contribution is 5.14. The minimum absolute atomic E-state index is 0.0110. The Labute approximate surface area is 128 Å². The van der Waals surface area contributed by atoms with Gasteiger partial charge in [0.15, 0.2) is 0 Å². The molecule has 2 nitrogen and oxygen atoms in total. The van der Waals surface area contributed by atoms with Gasteiger partial charge in [-0.05, 0) is 50.3 Å². The quantitative estimate of drug-likeness (QED) is 0.823. The summed E-state index contributed by atoms with van der Waals surface area (Å²) in [7, 11) is 0. The summed E-state index contributed by atoms with van der Waals surface area (Å²) in [5, 5.41) is 9.73. The van der Waals surface area contributed by atoms with Crippen molar-refractivity contribution in [2.24, 2.45) is 11.3 Å². The minimum Gasteiger partial charge on any atom is -0.299 e. The molecule has 0 spiro atoms. The molecule has 1 heterocycles. The lowest BCUT2D eigenvalue weighted by Crippen LogP contribution is -2.41. The van der Waals surface area contributed by atoms with Gasteiger partial charge in [-0.3, -0.25) is 4.90 Å². The van der Waals surface area contributed by atoms with Crippen molar-refractivity contribution in [3.8, 4) is 6.07 Å². The first kappa shape index (κ1) is 14.6. The number of benzene rings is 1. The molecule has 0 atom stereocenters. The molecule has 0 bridgehead atoms. The van der Waals surface area contributed by atoms with Crippen molar-refractivity contribution in [1.29, 1.82) is 5.26 Å². The number of nitriles is 1. The van der Waals surface area contributed by atoms with Crippen LogP contribution in [0, 0.1) is 22.7 Å². The van der Waals surface area contributed by atoms with Gasteiger partial charge >= 0.3 is 0 Å². The summed E-state index contributed by atoms with van der Waals surface area (Å²) >= 11 is 0. The van der Waals surface area contributed by atoms with Crippen LogP contribution in [-0.4, -0.2) is 18.0 Å². The van der Waals surface area contributed by atoms with Gasteiger partial charge in [-0.1, -0.05) is 49.6 Å². The molecule has 1 aromatic carbocycles. The predicted molar refractivity (Wildman–Crippen MR) is 85.6 cm³/mol. The van der Waals surface area contributed by atoms with E-state index < -0.39 is 0 Å². The van der Waals surface area contributed by atoms with E-state index in [9.17, 15) is 5.26 Å². The lowest BCUT2D eigenvalue weighted by atomic mass is 9.64. The average Bonchev–Trinajstić information content (AvgIpc) is 2.57. The highest BCUT2D eigenvalue weighted by atomic mass is 15.1. The van der Waals surface area contributed by atoms with Crippen LogP contribution in [0.1, 0.15) is 50.5 Å². The first-order chi connectivity index (χ1) is 10.3. The summed E-state index contributed by atoms with van der Waals surface area (Å²) in [5.41, 5.74) is 1.42. The fourth-order valence-corrected chi connectivity index (χ4v) is 4.28.